The van der Waals surface area contributed by atoms with Crippen LogP contribution in [0.3, 0.4) is 0 Å². The third kappa shape index (κ3) is 2.81. The van der Waals surface area contributed by atoms with Gasteiger partial charge in [-0.25, -0.2) is 9.37 Å². The predicted octanol–water partition coefficient (Wildman–Crippen LogP) is 5.32. The predicted molar refractivity (Wildman–Crippen MR) is 90.9 cm³/mol. The monoisotopic (exact) mass is 327 g/mol. The molecule has 0 amide bonds. The second-order valence-electron chi connectivity index (χ2n) is 5.99. The molecule has 1 aliphatic carbocycles. The van der Waals surface area contributed by atoms with Gasteiger partial charge in [-0.3, -0.25) is 4.68 Å². The van der Waals surface area contributed by atoms with E-state index < -0.39 is 0 Å². The van der Waals surface area contributed by atoms with Crippen LogP contribution in [-0.4, -0.2) is 14.8 Å². The Bertz CT molecular complexity index is 771. The molecule has 1 aliphatic rings. The van der Waals surface area contributed by atoms with Crippen LogP contribution in [-0.2, 0) is 0 Å². The summed E-state index contributed by atoms with van der Waals surface area (Å²) in [6, 6.07) is 7.13. The molecule has 0 N–H and O–H groups in total. The molecule has 0 spiro atoms. The Hall–Kier alpha value is -2.01. The van der Waals surface area contributed by atoms with Crippen molar-refractivity contribution < 1.29 is 4.39 Å². The summed E-state index contributed by atoms with van der Waals surface area (Å²) in [6.07, 6.45) is 9.85. The molecular formula is C18H18FN3S. The molecule has 2 aromatic heterocycles. The van der Waals surface area contributed by atoms with Gasteiger partial charge in [0.25, 0.3) is 0 Å². The molecule has 0 aliphatic heterocycles. The Balaban J connectivity index is 1.84. The average Bonchev–Trinajstić information content (AvgIpc) is 3.25. The topological polar surface area (TPSA) is 30.7 Å². The van der Waals surface area contributed by atoms with E-state index in [-0.39, 0.29) is 5.82 Å². The lowest BCUT2D eigenvalue weighted by molar-refractivity contribution is 0.332. The first-order valence-corrected chi connectivity index (χ1v) is 8.94. The van der Waals surface area contributed by atoms with Gasteiger partial charge >= 0.3 is 0 Å². The van der Waals surface area contributed by atoms with Crippen LogP contribution >= 0.6 is 11.3 Å². The van der Waals surface area contributed by atoms with Gasteiger partial charge in [-0.2, -0.15) is 5.10 Å². The maximum absolute atomic E-state index is 13.3. The molecule has 1 aromatic carbocycles. The van der Waals surface area contributed by atoms with Crippen LogP contribution in [0.2, 0.25) is 0 Å². The minimum absolute atomic E-state index is 0.215. The first kappa shape index (κ1) is 14.6. The fourth-order valence-corrected chi connectivity index (χ4v) is 4.02. The standard InChI is InChI=1S/C18H18FN3S/c19-14-8-6-13(7-9-14)17-16(18-20-10-11-23-18)12-21-22(17)15-4-2-1-3-5-15/h6-12,15H,1-5H2. The Labute approximate surface area is 138 Å². The van der Waals surface area contributed by atoms with Gasteiger partial charge in [0.05, 0.1) is 23.5 Å². The van der Waals surface area contributed by atoms with Crippen molar-refractivity contribution in [2.45, 2.75) is 38.1 Å². The van der Waals surface area contributed by atoms with Crippen LogP contribution < -0.4 is 0 Å². The van der Waals surface area contributed by atoms with Gasteiger partial charge in [-0.1, -0.05) is 19.3 Å². The quantitative estimate of drug-likeness (QED) is 0.652. The summed E-state index contributed by atoms with van der Waals surface area (Å²) in [6.45, 7) is 0. The number of rotatable bonds is 3. The van der Waals surface area contributed by atoms with Crippen LogP contribution in [0.25, 0.3) is 21.8 Å². The van der Waals surface area contributed by atoms with E-state index in [4.69, 9.17) is 0 Å². The number of benzene rings is 1. The third-order valence-electron chi connectivity index (χ3n) is 4.50. The number of hydrogen-bond acceptors (Lipinski definition) is 3. The molecular weight excluding hydrogens is 309 g/mol. The smallest absolute Gasteiger partial charge is 0.127 e. The summed E-state index contributed by atoms with van der Waals surface area (Å²) in [5.74, 6) is -0.215. The third-order valence-corrected chi connectivity index (χ3v) is 5.30. The second-order valence-corrected chi connectivity index (χ2v) is 6.88. The van der Waals surface area contributed by atoms with E-state index in [1.165, 1.54) is 31.4 Å². The van der Waals surface area contributed by atoms with Crippen molar-refractivity contribution in [2.75, 3.05) is 0 Å². The summed E-state index contributed by atoms with van der Waals surface area (Å²) in [4.78, 5) is 4.44. The minimum atomic E-state index is -0.215. The molecule has 4 rings (SSSR count). The largest absolute Gasteiger partial charge is 0.261 e. The summed E-state index contributed by atoms with van der Waals surface area (Å²) >= 11 is 1.61. The first-order chi connectivity index (χ1) is 11.3. The summed E-state index contributed by atoms with van der Waals surface area (Å²) in [7, 11) is 0. The van der Waals surface area contributed by atoms with Gasteiger partial charge in [0.1, 0.15) is 10.8 Å². The number of aromatic nitrogens is 3. The summed E-state index contributed by atoms with van der Waals surface area (Å²) in [5, 5.41) is 7.62. The van der Waals surface area contributed by atoms with Gasteiger partial charge in [-0.05, 0) is 37.1 Å². The molecule has 23 heavy (non-hydrogen) atoms. The van der Waals surface area contributed by atoms with Crippen molar-refractivity contribution in [1.29, 1.82) is 0 Å². The normalized spacial score (nSPS) is 15.9. The molecule has 0 atom stereocenters. The van der Waals surface area contributed by atoms with Crippen molar-refractivity contribution in [3.63, 3.8) is 0 Å². The van der Waals surface area contributed by atoms with Gasteiger partial charge < -0.3 is 0 Å². The first-order valence-electron chi connectivity index (χ1n) is 8.06. The van der Waals surface area contributed by atoms with Crippen molar-refractivity contribution in [2.24, 2.45) is 0 Å². The van der Waals surface area contributed by atoms with Crippen molar-refractivity contribution in [3.05, 3.63) is 47.9 Å². The van der Waals surface area contributed by atoms with E-state index in [1.54, 1.807) is 11.3 Å². The Morgan fingerprint density at radius 3 is 2.57 bits per heavy atom. The molecule has 2 heterocycles. The highest BCUT2D eigenvalue weighted by Gasteiger charge is 2.23. The van der Waals surface area contributed by atoms with E-state index >= 15 is 0 Å². The van der Waals surface area contributed by atoms with E-state index in [0.29, 0.717) is 6.04 Å². The van der Waals surface area contributed by atoms with Gasteiger partial charge in [0, 0.05) is 17.1 Å². The summed E-state index contributed by atoms with van der Waals surface area (Å²) < 4.78 is 15.5. The van der Waals surface area contributed by atoms with Crippen molar-refractivity contribution >= 4 is 11.3 Å². The van der Waals surface area contributed by atoms with Crippen LogP contribution in [0.4, 0.5) is 4.39 Å². The highest BCUT2D eigenvalue weighted by Crippen LogP contribution is 2.38. The Morgan fingerprint density at radius 1 is 1.09 bits per heavy atom. The minimum Gasteiger partial charge on any atom is -0.261 e. The number of hydrogen-bond donors (Lipinski definition) is 0. The molecule has 0 bridgehead atoms. The molecule has 3 aromatic rings. The number of halogens is 1. The zero-order chi connectivity index (χ0) is 15.6. The highest BCUT2D eigenvalue weighted by atomic mass is 32.1. The van der Waals surface area contributed by atoms with E-state index in [2.05, 4.69) is 14.8 Å². The zero-order valence-corrected chi connectivity index (χ0v) is 13.6. The van der Waals surface area contributed by atoms with Gasteiger partial charge in [0.15, 0.2) is 0 Å². The van der Waals surface area contributed by atoms with E-state index in [1.807, 2.05) is 29.9 Å². The van der Waals surface area contributed by atoms with E-state index in [0.717, 1.165) is 34.7 Å². The van der Waals surface area contributed by atoms with Crippen LogP contribution in [0.1, 0.15) is 38.1 Å². The van der Waals surface area contributed by atoms with Crippen molar-refractivity contribution in [1.82, 2.24) is 14.8 Å². The molecule has 1 fully saturated rings. The fraction of sp³-hybridized carbons (Fsp3) is 0.333. The fourth-order valence-electron chi connectivity index (χ4n) is 3.37. The molecule has 0 unspecified atom stereocenters. The maximum Gasteiger partial charge on any atom is 0.127 e. The Kier molecular flexibility index (Phi) is 3.95. The van der Waals surface area contributed by atoms with Crippen molar-refractivity contribution in [3.8, 4) is 21.8 Å². The second kappa shape index (κ2) is 6.24. The lowest BCUT2D eigenvalue weighted by Gasteiger charge is -2.24. The van der Waals surface area contributed by atoms with Crippen LogP contribution in [0.5, 0.6) is 0 Å². The number of thiazole rings is 1. The maximum atomic E-state index is 13.3. The number of nitrogens with zero attached hydrogens (tertiary/aromatic N) is 3. The van der Waals surface area contributed by atoms with Gasteiger partial charge in [0.2, 0.25) is 0 Å². The van der Waals surface area contributed by atoms with Gasteiger partial charge in [-0.15, -0.1) is 11.3 Å². The molecule has 5 heteroatoms. The Morgan fingerprint density at radius 2 is 1.87 bits per heavy atom. The van der Waals surface area contributed by atoms with E-state index in [9.17, 15) is 4.39 Å². The zero-order valence-electron chi connectivity index (χ0n) is 12.8. The lowest BCUT2D eigenvalue weighted by Crippen LogP contribution is -2.15. The molecule has 0 saturated heterocycles. The average molecular weight is 327 g/mol. The summed E-state index contributed by atoms with van der Waals surface area (Å²) in [5.41, 5.74) is 3.10. The molecule has 3 nitrogen and oxygen atoms in total. The van der Waals surface area contributed by atoms with Crippen LogP contribution in [0, 0.1) is 5.82 Å². The van der Waals surface area contributed by atoms with Crippen LogP contribution in [0.15, 0.2) is 42.0 Å². The SMILES string of the molecule is Fc1ccc(-c2c(-c3nccs3)cnn2C2CCCCC2)cc1. The molecule has 1 saturated carbocycles. The molecule has 118 valence electrons. The molecule has 0 radical (unpaired) electrons. The lowest BCUT2D eigenvalue weighted by atomic mass is 9.95. The highest BCUT2D eigenvalue weighted by molar-refractivity contribution is 7.13.